The number of likely N-dealkylation sites (tertiary alicyclic amines) is 1. The van der Waals surface area contributed by atoms with Gasteiger partial charge in [0.05, 0.1) is 6.04 Å². The van der Waals surface area contributed by atoms with Crippen molar-refractivity contribution in [2.75, 3.05) is 6.54 Å². The molecule has 0 radical (unpaired) electrons. The van der Waals surface area contributed by atoms with Gasteiger partial charge in [0.15, 0.2) is 0 Å². The molecule has 3 nitrogen and oxygen atoms in total. The third-order valence-electron chi connectivity index (χ3n) is 5.24. The topological polar surface area (TPSA) is 29.5 Å². The number of amides is 1. The molecule has 1 atom stereocenters. The zero-order valence-electron chi connectivity index (χ0n) is 15.4. The second kappa shape index (κ2) is 5.96. The summed E-state index contributed by atoms with van der Waals surface area (Å²) in [5.74, 6) is -2.55. The number of piperidine rings is 1. The molecule has 1 aliphatic heterocycles. The zero-order valence-corrected chi connectivity index (χ0v) is 15.4. The van der Waals surface area contributed by atoms with Gasteiger partial charge in [-0.05, 0) is 51.5 Å². The van der Waals surface area contributed by atoms with Gasteiger partial charge in [0.25, 0.3) is 0 Å². The molecule has 1 saturated heterocycles. The maximum atomic E-state index is 13.5. The molecule has 3 rings (SSSR count). The lowest BCUT2D eigenvalue weighted by molar-refractivity contribution is -0.183. The first-order valence-corrected chi connectivity index (χ1v) is 8.93. The average molecular weight is 351 g/mol. The molecule has 0 unspecified atom stereocenters. The maximum Gasteiger partial charge on any atom is 0.410 e. The molecule has 138 valence electrons. The van der Waals surface area contributed by atoms with Crippen molar-refractivity contribution in [1.82, 2.24) is 4.90 Å². The lowest BCUT2D eigenvalue weighted by atomic mass is 9.59. The Morgan fingerprint density at radius 1 is 1.20 bits per heavy atom. The predicted octanol–water partition coefficient (Wildman–Crippen LogP) is 5.48. The van der Waals surface area contributed by atoms with E-state index in [0.717, 1.165) is 11.1 Å². The average Bonchev–Trinajstić information content (AvgIpc) is 2.44. The highest BCUT2D eigenvalue weighted by molar-refractivity contribution is 5.69. The number of ether oxygens (including phenoxy) is 1. The Morgan fingerprint density at radius 2 is 1.80 bits per heavy atom. The van der Waals surface area contributed by atoms with E-state index >= 15 is 0 Å². The molecule has 1 aliphatic carbocycles. The summed E-state index contributed by atoms with van der Waals surface area (Å²) < 4.78 is 32.6. The molecule has 2 aliphatic rings. The van der Waals surface area contributed by atoms with E-state index < -0.39 is 11.5 Å². The summed E-state index contributed by atoms with van der Waals surface area (Å²) in [6.45, 7) is 7.98. The van der Waals surface area contributed by atoms with Crippen LogP contribution in [0.25, 0.3) is 0 Å². The van der Waals surface area contributed by atoms with Crippen LogP contribution in [0.4, 0.5) is 13.6 Å². The van der Waals surface area contributed by atoms with Crippen LogP contribution in [0, 0.1) is 12.3 Å². The van der Waals surface area contributed by atoms with Crippen LogP contribution in [-0.4, -0.2) is 29.1 Å². The molecular formula is C20H27F2NO2. The van der Waals surface area contributed by atoms with Gasteiger partial charge < -0.3 is 9.64 Å². The predicted molar refractivity (Wildman–Crippen MR) is 92.7 cm³/mol. The van der Waals surface area contributed by atoms with Crippen LogP contribution in [0.15, 0.2) is 24.3 Å². The molecule has 0 aromatic heterocycles. The van der Waals surface area contributed by atoms with Gasteiger partial charge >= 0.3 is 6.09 Å². The summed E-state index contributed by atoms with van der Waals surface area (Å²) >= 11 is 0. The molecule has 25 heavy (non-hydrogen) atoms. The Balaban J connectivity index is 1.84. The quantitative estimate of drug-likeness (QED) is 0.670. The van der Waals surface area contributed by atoms with Crippen LogP contribution >= 0.6 is 0 Å². The normalized spacial score (nSPS) is 24.7. The Hall–Kier alpha value is -1.65. The zero-order chi connectivity index (χ0) is 18.5. The molecule has 1 spiro atoms. The van der Waals surface area contributed by atoms with Crippen LogP contribution in [0.1, 0.15) is 63.6 Å². The van der Waals surface area contributed by atoms with Gasteiger partial charge in [0.1, 0.15) is 5.60 Å². The van der Waals surface area contributed by atoms with Crippen molar-refractivity contribution < 1.29 is 18.3 Å². The van der Waals surface area contributed by atoms with Gasteiger partial charge in [-0.25, -0.2) is 13.6 Å². The third kappa shape index (κ3) is 3.96. The fourth-order valence-electron chi connectivity index (χ4n) is 4.13. The monoisotopic (exact) mass is 351 g/mol. The van der Waals surface area contributed by atoms with Crippen molar-refractivity contribution >= 4 is 6.09 Å². The summed E-state index contributed by atoms with van der Waals surface area (Å²) in [6, 6.07) is 7.78. The second-order valence-corrected chi connectivity index (χ2v) is 8.76. The van der Waals surface area contributed by atoms with Crippen LogP contribution in [0.2, 0.25) is 0 Å². The van der Waals surface area contributed by atoms with Crippen LogP contribution < -0.4 is 0 Å². The van der Waals surface area contributed by atoms with Crippen molar-refractivity contribution in [3.05, 3.63) is 35.4 Å². The van der Waals surface area contributed by atoms with E-state index in [9.17, 15) is 13.6 Å². The Labute approximate surface area is 148 Å². The third-order valence-corrected chi connectivity index (χ3v) is 5.24. The van der Waals surface area contributed by atoms with E-state index in [0.29, 0.717) is 19.4 Å². The lowest BCUT2D eigenvalue weighted by Crippen LogP contribution is -2.54. The minimum absolute atomic E-state index is 0.0650. The largest absolute Gasteiger partial charge is 0.444 e. The second-order valence-electron chi connectivity index (χ2n) is 8.76. The molecule has 1 saturated carbocycles. The molecule has 0 N–H and O–H groups in total. The van der Waals surface area contributed by atoms with E-state index in [1.54, 1.807) is 4.90 Å². The summed E-state index contributed by atoms with van der Waals surface area (Å²) in [7, 11) is 0. The first kappa shape index (κ1) is 18.2. The summed E-state index contributed by atoms with van der Waals surface area (Å²) in [6.07, 6.45) is 0.698. The van der Waals surface area contributed by atoms with Gasteiger partial charge in [-0.3, -0.25) is 0 Å². The number of halogens is 2. The summed E-state index contributed by atoms with van der Waals surface area (Å²) in [5.41, 5.74) is 1.20. The van der Waals surface area contributed by atoms with E-state index in [1.165, 1.54) is 0 Å². The van der Waals surface area contributed by atoms with E-state index in [2.05, 4.69) is 0 Å². The van der Waals surface area contributed by atoms with E-state index in [-0.39, 0.29) is 30.4 Å². The van der Waals surface area contributed by atoms with Crippen molar-refractivity contribution in [2.24, 2.45) is 5.41 Å². The van der Waals surface area contributed by atoms with Crippen molar-refractivity contribution in [2.45, 2.75) is 70.9 Å². The molecule has 1 aromatic carbocycles. The fraction of sp³-hybridized carbons (Fsp3) is 0.650. The molecule has 1 amide bonds. The molecular weight excluding hydrogens is 324 g/mol. The van der Waals surface area contributed by atoms with Crippen LogP contribution in [0.5, 0.6) is 0 Å². The number of hydrogen-bond donors (Lipinski definition) is 0. The molecule has 0 bridgehead atoms. The van der Waals surface area contributed by atoms with Crippen molar-refractivity contribution in [1.29, 1.82) is 0 Å². The Morgan fingerprint density at radius 3 is 2.32 bits per heavy atom. The van der Waals surface area contributed by atoms with Crippen LogP contribution in [0.3, 0.4) is 0 Å². The molecule has 2 fully saturated rings. The SMILES string of the molecule is Cc1ccc([C@H]2CC3(CCN2C(=O)OC(C)(C)C)CC(F)(F)C3)cc1. The number of carbonyl (C=O) groups excluding carboxylic acids is 1. The number of carbonyl (C=O) groups is 1. The number of hydrogen-bond acceptors (Lipinski definition) is 2. The van der Waals surface area contributed by atoms with E-state index in [4.69, 9.17) is 4.74 Å². The number of rotatable bonds is 1. The Kier molecular flexibility index (Phi) is 4.33. The number of nitrogens with zero attached hydrogens (tertiary/aromatic N) is 1. The van der Waals surface area contributed by atoms with Gasteiger partial charge in [-0.2, -0.15) is 0 Å². The Bertz CT molecular complexity index is 641. The number of alkyl halides is 2. The molecule has 5 heteroatoms. The summed E-state index contributed by atoms with van der Waals surface area (Å²) in [5, 5.41) is 0. The fourth-order valence-corrected chi connectivity index (χ4v) is 4.13. The first-order valence-electron chi connectivity index (χ1n) is 8.93. The van der Waals surface area contributed by atoms with Crippen molar-refractivity contribution in [3.8, 4) is 0 Å². The number of benzene rings is 1. The van der Waals surface area contributed by atoms with Crippen molar-refractivity contribution in [3.63, 3.8) is 0 Å². The van der Waals surface area contributed by atoms with Gasteiger partial charge in [0, 0.05) is 19.4 Å². The highest BCUT2D eigenvalue weighted by Crippen LogP contribution is 2.60. The van der Waals surface area contributed by atoms with Gasteiger partial charge in [-0.1, -0.05) is 29.8 Å². The number of aryl methyl sites for hydroxylation is 1. The summed E-state index contributed by atoms with van der Waals surface area (Å²) in [4.78, 5) is 14.4. The highest BCUT2D eigenvalue weighted by atomic mass is 19.3. The van der Waals surface area contributed by atoms with Crippen LogP contribution in [-0.2, 0) is 4.74 Å². The minimum Gasteiger partial charge on any atom is -0.444 e. The maximum absolute atomic E-state index is 13.5. The molecule has 1 aromatic rings. The lowest BCUT2D eigenvalue weighted by Gasteiger charge is -2.54. The van der Waals surface area contributed by atoms with Gasteiger partial charge in [-0.15, -0.1) is 0 Å². The smallest absolute Gasteiger partial charge is 0.410 e. The minimum atomic E-state index is -2.55. The first-order chi connectivity index (χ1) is 11.5. The van der Waals surface area contributed by atoms with Gasteiger partial charge in [0.2, 0.25) is 5.92 Å². The highest BCUT2D eigenvalue weighted by Gasteiger charge is 2.59. The van der Waals surface area contributed by atoms with E-state index in [1.807, 2.05) is 52.0 Å². The molecule has 1 heterocycles. The standard InChI is InChI=1S/C20H27F2NO2/c1-14-5-7-15(8-6-14)16-11-19(12-20(21,22)13-19)9-10-23(16)17(24)25-18(2,3)4/h5-8,16H,9-13H2,1-4H3/t16-/m1/s1.